The molecule has 2 saturated heterocycles. The third kappa shape index (κ3) is 3.12. The lowest BCUT2D eigenvalue weighted by atomic mass is 10.1. The van der Waals surface area contributed by atoms with Gasteiger partial charge in [-0.2, -0.15) is 0 Å². The highest BCUT2D eigenvalue weighted by Crippen LogP contribution is 2.27. The highest BCUT2D eigenvalue weighted by Gasteiger charge is 2.27. The zero-order valence-corrected chi connectivity index (χ0v) is 13.7. The Morgan fingerprint density at radius 2 is 2.05 bits per heavy atom. The molecule has 0 aliphatic carbocycles. The average molecular weight is 302 g/mol. The number of nitrogens with zero attached hydrogens (tertiary/aromatic N) is 2. The topological polar surface area (TPSA) is 32.8 Å². The largest absolute Gasteiger partial charge is 0.375 e. The molecule has 1 atom stereocenters. The standard InChI is InChI=1S/C18H26N2O2/c1-3-15-13-20(10-11-22-15)18(21)16-12-14(2)6-7-17(16)19-8-4-5-9-19/h6-7,12,15H,3-5,8-11,13H2,1-2H3/t15-/m1/s1. The van der Waals surface area contributed by atoms with Gasteiger partial charge >= 0.3 is 0 Å². The molecule has 2 aliphatic rings. The first kappa shape index (κ1) is 15.3. The van der Waals surface area contributed by atoms with Crippen LogP contribution in [0.2, 0.25) is 0 Å². The Morgan fingerprint density at radius 3 is 2.77 bits per heavy atom. The monoisotopic (exact) mass is 302 g/mol. The summed E-state index contributed by atoms with van der Waals surface area (Å²) >= 11 is 0. The van der Waals surface area contributed by atoms with Gasteiger partial charge in [0.05, 0.1) is 18.3 Å². The van der Waals surface area contributed by atoms with Gasteiger partial charge in [-0.05, 0) is 38.3 Å². The van der Waals surface area contributed by atoms with Gasteiger partial charge in [-0.3, -0.25) is 4.79 Å². The molecule has 0 radical (unpaired) electrons. The van der Waals surface area contributed by atoms with Crippen molar-refractivity contribution in [3.8, 4) is 0 Å². The van der Waals surface area contributed by atoms with E-state index in [4.69, 9.17) is 4.74 Å². The van der Waals surface area contributed by atoms with E-state index >= 15 is 0 Å². The lowest BCUT2D eigenvalue weighted by molar-refractivity contribution is -0.0226. The van der Waals surface area contributed by atoms with Crippen LogP contribution in [0.5, 0.6) is 0 Å². The minimum absolute atomic E-state index is 0.160. The highest BCUT2D eigenvalue weighted by atomic mass is 16.5. The fraction of sp³-hybridized carbons (Fsp3) is 0.611. The molecule has 0 unspecified atom stereocenters. The summed E-state index contributed by atoms with van der Waals surface area (Å²) in [5.41, 5.74) is 3.11. The van der Waals surface area contributed by atoms with E-state index in [-0.39, 0.29) is 12.0 Å². The molecule has 2 aliphatic heterocycles. The second-order valence-corrected chi connectivity index (χ2v) is 6.37. The Bertz CT molecular complexity index is 538. The van der Waals surface area contributed by atoms with Crippen LogP contribution in [0.4, 0.5) is 5.69 Å². The van der Waals surface area contributed by atoms with Crippen molar-refractivity contribution in [1.29, 1.82) is 0 Å². The molecule has 0 aromatic heterocycles. The van der Waals surface area contributed by atoms with E-state index in [1.54, 1.807) is 0 Å². The fourth-order valence-electron chi connectivity index (χ4n) is 3.38. The van der Waals surface area contributed by atoms with Gasteiger partial charge in [0.15, 0.2) is 0 Å². The Hall–Kier alpha value is -1.55. The molecule has 3 rings (SSSR count). The van der Waals surface area contributed by atoms with E-state index in [0.717, 1.165) is 36.3 Å². The number of benzene rings is 1. The number of hydrogen-bond donors (Lipinski definition) is 0. The molecule has 2 heterocycles. The molecule has 0 N–H and O–H groups in total. The second kappa shape index (κ2) is 6.69. The van der Waals surface area contributed by atoms with Crippen LogP contribution in [-0.4, -0.2) is 49.7 Å². The predicted octanol–water partition coefficient (Wildman–Crippen LogP) is 2.85. The number of ether oxygens (including phenoxy) is 1. The molecule has 4 heteroatoms. The predicted molar refractivity (Wildman–Crippen MR) is 88.6 cm³/mol. The van der Waals surface area contributed by atoms with Gasteiger partial charge in [0.25, 0.3) is 5.91 Å². The van der Waals surface area contributed by atoms with E-state index in [0.29, 0.717) is 19.7 Å². The summed E-state index contributed by atoms with van der Waals surface area (Å²) in [4.78, 5) is 17.4. The number of amides is 1. The number of carbonyl (C=O) groups excluding carboxylic acids is 1. The van der Waals surface area contributed by atoms with E-state index in [9.17, 15) is 4.79 Å². The van der Waals surface area contributed by atoms with E-state index in [1.807, 2.05) is 11.0 Å². The van der Waals surface area contributed by atoms with Crippen molar-refractivity contribution in [3.63, 3.8) is 0 Å². The maximum atomic E-state index is 13.0. The molecule has 0 spiro atoms. The summed E-state index contributed by atoms with van der Waals surface area (Å²) in [6, 6.07) is 6.27. The first-order valence-corrected chi connectivity index (χ1v) is 8.45. The van der Waals surface area contributed by atoms with Gasteiger partial charge in [0.1, 0.15) is 0 Å². The van der Waals surface area contributed by atoms with Gasteiger partial charge in [-0.15, -0.1) is 0 Å². The molecule has 1 amide bonds. The number of anilines is 1. The maximum absolute atomic E-state index is 13.0. The summed E-state index contributed by atoms with van der Waals surface area (Å²) in [6.07, 6.45) is 3.57. The SMILES string of the molecule is CC[C@@H]1CN(C(=O)c2cc(C)ccc2N2CCCC2)CCO1. The normalized spacial score (nSPS) is 22.2. The third-order valence-electron chi connectivity index (χ3n) is 4.71. The second-order valence-electron chi connectivity index (χ2n) is 6.37. The zero-order valence-electron chi connectivity index (χ0n) is 13.7. The van der Waals surface area contributed by atoms with Crippen molar-refractivity contribution in [1.82, 2.24) is 4.90 Å². The van der Waals surface area contributed by atoms with E-state index in [1.165, 1.54) is 12.8 Å². The van der Waals surface area contributed by atoms with Crippen LogP contribution in [0.3, 0.4) is 0 Å². The minimum Gasteiger partial charge on any atom is -0.375 e. The van der Waals surface area contributed by atoms with Crippen LogP contribution in [-0.2, 0) is 4.74 Å². The van der Waals surface area contributed by atoms with Crippen LogP contribution >= 0.6 is 0 Å². The summed E-state index contributed by atoms with van der Waals surface area (Å²) in [5, 5.41) is 0. The Morgan fingerprint density at radius 1 is 1.27 bits per heavy atom. The third-order valence-corrected chi connectivity index (χ3v) is 4.71. The van der Waals surface area contributed by atoms with Crippen LogP contribution in [0, 0.1) is 6.92 Å². The summed E-state index contributed by atoms with van der Waals surface area (Å²) in [5.74, 6) is 0.160. The fourth-order valence-corrected chi connectivity index (χ4v) is 3.38. The van der Waals surface area contributed by atoms with Gasteiger partial charge in [-0.25, -0.2) is 0 Å². The van der Waals surface area contributed by atoms with Crippen molar-refractivity contribution in [2.24, 2.45) is 0 Å². The Labute approximate surface area is 133 Å². The lowest BCUT2D eigenvalue weighted by Crippen LogP contribution is -2.45. The molecule has 22 heavy (non-hydrogen) atoms. The zero-order chi connectivity index (χ0) is 15.5. The molecular weight excluding hydrogens is 276 g/mol. The average Bonchev–Trinajstić information content (AvgIpc) is 3.08. The maximum Gasteiger partial charge on any atom is 0.256 e. The summed E-state index contributed by atoms with van der Waals surface area (Å²) < 4.78 is 5.69. The van der Waals surface area contributed by atoms with E-state index in [2.05, 4.69) is 30.9 Å². The Kier molecular flexibility index (Phi) is 4.67. The quantitative estimate of drug-likeness (QED) is 0.861. The van der Waals surface area contributed by atoms with Crippen LogP contribution in [0.15, 0.2) is 18.2 Å². The van der Waals surface area contributed by atoms with E-state index < -0.39 is 0 Å². The van der Waals surface area contributed by atoms with Crippen molar-refractivity contribution in [2.45, 2.75) is 39.2 Å². The smallest absolute Gasteiger partial charge is 0.256 e. The molecule has 1 aromatic carbocycles. The summed E-state index contributed by atoms with van der Waals surface area (Å²) in [6.45, 7) is 8.34. The molecule has 0 bridgehead atoms. The van der Waals surface area contributed by atoms with Gasteiger partial charge in [0.2, 0.25) is 0 Å². The number of hydrogen-bond acceptors (Lipinski definition) is 3. The van der Waals surface area contributed by atoms with Crippen LogP contribution in [0.25, 0.3) is 0 Å². The molecule has 2 fully saturated rings. The number of rotatable bonds is 3. The van der Waals surface area contributed by atoms with Crippen LogP contribution < -0.4 is 4.90 Å². The molecule has 4 nitrogen and oxygen atoms in total. The van der Waals surface area contributed by atoms with Gasteiger partial charge < -0.3 is 14.5 Å². The highest BCUT2D eigenvalue weighted by molar-refractivity contribution is 6.00. The van der Waals surface area contributed by atoms with Crippen molar-refractivity contribution < 1.29 is 9.53 Å². The van der Waals surface area contributed by atoms with Crippen molar-refractivity contribution in [2.75, 3.05) is 37.7 Å². The number of morpholine rings is 1. The summed E-state index contributed by atoms with van der Waals surface area (Å²) in [7, 11) is 0. The first-order valence-electron chi connectivity index (χ1n) is 8.45. The molecular formula is C18H26N2O2. The van der Waals surface area contributed by atoms with Gasteiger partial charge in [0, 0.05) is 31.9 Å². The van der Waals surface area contributed by atoms with Gasteiger partial charge in [-0.1, -0.05) is 18.6 Å². The van der Waals surface area contributed by atoms with Crippen LogP contribution in [0.1, 0.15) is 42.1 Å². The van der Waals surface area contributed by atoms with Crippen molar-refractivity contribution in [3.05, 3.63) is 29.3 Å². The molecule has 1 aromatic rings. The molecule has 120 valence electrons. The first-order chi connectivity index (χ1) is 10.7. The molecule has 0 saturated carbocycles. The number of aryl methyl sites for hydroxylation is 1. The lowest BCUT2D eigenvalue weighted by Gasteiger charge is -2.33. The minimum atomic E-state index is 0.160. The van der Waals surface area contributed by atoms with Crippen molar-refractivity contribution >= 4 is 11.6 Å². The number of carbonyl (C=O) groups is 1. The Balaban J connectivity index is 1.85.